The maximum absolute atomic E-state index is 0. The van der Waals surface area contributed by atoms with Crippen molar-refractivity contribution in [2.45, 2.75) is 0 Å². The Bertz CT molecular complexity index is 6.00. The van der Waals surface area contributed by atoms with Gasteiger partial charge in [-0.2, -0.15) is 0 Å². The SMILES string of the molecule is O.O.[Nb].[Th]. The van der Waals surface area contributed by atoms with Gasteiger partial charge in [-0.25, -0.2) is 0 Å². The first-order chi connectivity index (χ1) is 0. The monoisotopic (exact) mass is 361 g/mol. The first-order valence-corrected chi connectivity index (χ1v) is 0. The van der Waals surface area contributed by atoms with Gasteiger partial charge in [-0.1, -0.05) is 0 Å². The minimum absolute atomic E-state index is 0. The Hall–Kier alpha value is 1.98. The molecule has 0 unspecified atom stereocenters. The molecule has 4 heteroatoms. The van der Waals surface area contributed by atoms with Gasteiger partial charge in [-0.15, -0.1) is 0 Å². The van der Waals surface area contributed by atoms with Crippen molar-refractivity contribution in [3.05, 3.63) is 0 Å². The Kier molecular flexibility index (Phi) is 190. The minimum atomic E-state index is 0. The molecule has 0 aromatic carbocycles. The molecule has 0 aliphatic rings. The molecule has 0 rings (SSSR count). The van der Waals surface area contributed by atoms with E-state index in [4.69, 9.17) is 0 Å². The van der Waals surface area contributed by atoms with Gasteiger partial charge in [-0.3, -0.25) is 0 Å². The van der Waals surface area contributed by atoms with Gasteiger partial charge < -0.3 is 11.0 Å². The summed E-state index contributed by atoms with van der Waals surface area (Å²) in [5.41, 5.74) is 0. The average Bonchev–Trinajstić information content (AvgIpc) is 0. The fraction of sp³-hybridized carbons (Fsp3) is 0. The molecule has 1 radical (unpaired) electrons. The van der Waals surface area contributed by atoms with Crippen molar-refractivity contribution < 1.29 is 73.3 Å². The quantitative estimate of drug-likeness (QED) is 0.465. The van der Waals surface area contributed by atoms with Gasteiger partial charge in [0.15, 0.2) is 0 Å². The molecule has 2 nitrogen and oxygen atoms in total. The van der Waals surface area contributed by atoms with Crippen molar-refractivity contribution >= 4 is 0 Å². The van der Waals surface area contributed by atoms with Crippen LogP contribution < -0.4 is 0 Å². The summed E-state index contributed by atoms with van der Waals surface area (Å²) in [7, 11) is 0. The van der Waals surface area contributed by atoms with E-state index >= 15 is 0 Å². The first kappa shape index (κ1) is 37.7. The molecule has 4 N–H and O–H groups in total. The van der Waals surface area contributed by atoms with Crippen molar-refractivity contribution in [2.75, 3.05) is 0 Å². The molecule has 0 amide bonds. The average molecular weight is 361 g/mol. The Balaban J connectivity index is 0. The molecule has 4 heavy (non-hydrogen) atoms. The van der Waals surface area contributed by atoms with Gasteiger partial charge in [0, 0.05) is 62.3 Å². The van der Waals surface area contributed by atoms with E-state index in [1.807, 2.05) is 0 Å². The van der Waals surface area contributed by atoms with E-state index in [1.165, 1.54) is 0 Å². The van der Waals surface area contributed by atoms with Crippen molar-refractivity contribution in [3.63, 3.8) is 0 Å². The van der Waals surface area contributed by atoms with E-state index in [1.54, 1.807) is 0 Å². The summed E-state index contributed by atoms with van der Waals surface area (Å²) < 4.78 is 0. The van der Waals surface area contributed by atoms with Crippen molar-refractivity contribution in [1.29, 1.82) is 0 Å². The summed E-state index contributed by atoms with van der Waals surface area (Å²) in [5, 5.41) is 0. The van der Waals surface area contributed by atoms with E-state index < -0.39 is 0 Å². The minimum Gasteiger partial charge on any atom is -0.412 e. The Morgan fingerprint density at radius 3 is 0.750 bits per heavy atom. The Morgan fingerprint density at radius 1 is 0.750 bits per heavy atom. The third kappa shape index (κ3) is 9.01. The third-order valence-electron chi connectivity index (χ3n) is 0. The number of hydrogen-bond donors (Lipinski definition) is 0. The third-order valence-corrected chi connectivity index (χ3v) is 0. The van der Waals surface area contributed by atoms with Crippen LogP contribution in [0.15, 0.2) is 0 Å². The summed E-state index contributed by atoms with van der Waals surface area (Å²) in [6.45, 7) is 0. The van der Waals surface area contributed by atoms with Gasteiger partial charge in [0.05, 0.1) is 0 Å². The number of hydrogen-bond acceptors (Lipinski definition) is 0. The molecular weight excluding hydrogens is 357 g/mol. The second-order valence-electron chi connectivity index (χ2n) is 0. The molecule has 0 aliphatic carbocycles. The van der Waals surface area contributed by atoms with Gasteiger partial charge in [-0.05, 0) is 0 Å². The summed E-state index contributed by atoms with van der Waals surface area (Å²) in [6, 6.07) is 0. The van der Waals surface area contributed by atoms with Gasteiger partial charge in [0.25, 0.3) is 0 Å². The normalized spacial score (nSPS) is 0. The summed E-state index contributed by atoms with van der Waals surface area (Å²) in [5.74, 6) is 0. The van der Waals surface area contributed by atoms with Crippen molar-refractivity contribution in [1.82, 2.24) is 0 Å². The predicted octanol–water partition coefficient (Wildman–Crippen LogP) is -1.65. The van der Waals surface area contributed by atoms with Crippen LogP contribution in [0, 0.1) is 39.9 Å². The maximum atomic E-state index is 0. The van der Waals surface area contributed by atoms with Crippen molar-refractivity contribution in [2.24, 2.45) is 0 Å². The summed E-state index contributed by atoms with van der Waals surface area (Å²) in [4.78, 5) is 0. The molecule has 0 saturated carbocycles. The zero-order valence-electron chi connectivity index (χ0n) is 1.95. The molecule has 0 spiro atoms. The molecule has 0 aromatic heterocycles. The van der Waals surface area contributed by atoms with Crippen molar-refractivity contribution in [3.8, 4) is 0 Å². The smallest absolute Gasteiger partial charge is 0 e. The molecule has 0 aromatic rings. The summed E-state index contributed by atoms with van der Waals surface area (Å²) in [6.07, 6.45) is 0. The van der Waals surface area contributed by atoms with Crippen LogP contribution in [0.2, 0.25) is 0 Å². The molecule has 0 fully saturated rings. The Morgan fingerprint density at radius 2 is 0.750 bits per heavy atom. The van der Waals surface area contributed by atoms with E-state index in [-0.39, 0.29) is 73.3 Å². The van der Waals surface area contributed by atoms with E-state index in [2.05, 4.69) is 0 Å². The standard InChI is InChI=1S/Nb.2H2O.Th/h;2*1H2;. The number of rotatable bonds is 0. The zero-order chi connectivity index (χ0) is 0. The van der Waals surface area contributed by atoms with E-state index in [0.29, 0.717) is 0 Å². The van der Waals surface area contributed by atoms with Crippen LogP contribution in [-0.4, -0.2) is 11.0 Å². The van der Waals surface area contributed by atoms with Crippen LogP contribution in [0.3, 0.4) is 0 Å². The second-order valence-corrected chi connectivity index (χ2v) is 0. The van der Waals surface area contributed by atoms with Crippen LogP contribution in [0.25, 0.3) is 0 Å². The predicted molar refractivity (Wildman–Crippen MR) is 7.23 cm³/mol. The Labute approximate surface area is 72.1 Å². The van der Waals surface area contributed by atoms with E-state index in [9.17, 15) is 0 Å². The van der Waals surface area contributed by atoms with Gasteiger partial charge in [0.2, 0.25) is 0 Å². The van der Waals surface area contributed by atoms with Gasteiger partial charge in [0.1, 0.15) is 0 Å². The van der Waals surface area contributed by atoms with Crippen LogP contribution in [0.4, 0.5) is 0 Å². The molecule has 0 bridgehead atoms. The first-order valence-electron chi connectivity index (χ1n) is 0. The van der Waals surface area contributed by atoms with Crippen LogP contribution in [0.1, 0.15) is 0 Å². The fourth-order valence-electron chi connectivity index (χ4n) is 0. The molecule has 0 atom stereocenters. The van der Waals surface area contributed by atoms with Crippen LogP contribution >= 0.6 is 0 Å². The zero-order valence-corrected chi connectivity index (χ0v) is 8.26. The van der Waals surface area contributed by atoms with Crippen LogP contribution in [0.5, 0.6) is 0 Å². The van der Waals surface area contributed by atoms with Gasteiger partial charge >= 0.3 is 0 Å². The summed E-state index contributed by atoms with van der Waals surface area (Å²) >= 11 is 0. The van der Waals surface area contributed by atoms with E-state index in [0.717, 1.165) is 0 Å². The maximum Gasteiger partial charge on any atom is 0 e. The van der Waals surface area contributed by atoms with Crippen LogP contribution in [-0.2, 0) is 22.4 Å². The topological polar surface area (TPSA) is 63.0 Å². The molecule has 25 valence electrons. The molecule has 0 aliphatic heterocycles. The molecular formula is H4NbO2Th. The molecule has 0 saturated heterocycles. The molecule has 0 heterocycles. The fourth-order valence-corrected chi connectivity index (χ4v) is 0. The largest absolute Gasteiger partial charge is 0.412 e. The second kappa shape index (κ2) is 20.1.